The van der Waals surface area contributed by atoms with Gasteiger partial charge in [-0.25, -0.2) is 0 Å². The number of halogens is 20. The molecule has 394 valence electrons. The zero-order valence-electron chi connectivity index (χ0n) is 35.7. The van der Waals surface area contributed by atoms with Crippen molar-refractivity contribution in [3.05, 3.63) is 96.1 Å². The molecule has 4 aromatic heterocycles. The molecule has 0 fully saturated rings. The average molecular weight is 1080 g/mol. The molecule has 4 heterocycles. The van der Waals surface area contributed by atoms with E-state index >= 15 is 35.1 Å². The Morgan fingerprint density at radius 2 is 0.595 bits per heavy atom. The largest absolute Gasteiger partial charge is 0.454 e. The molecule has 8 aromatic rings. The number of hydrogen-bond donors (Lipinski definition) is 0. The first-order valence-electron chi connectivity index (χ1n) is 20.1. The second-order valence-electron chi connectivity index (χ2n) is 15.5. The standard InChI is InChI=1S/C42H22F20N8O4/c43-35(44,45)15-71-31-63-29(64-32(67-31)72-16-36(46,47)48)69-25-7-3-1-5-21(25)23-13-19(9-11-27(23)69)39(55,56)41(59,60)42(61,62)40(57,58)20-10-12-28-24(14-20)22-6-2-4-8-26(22)70(28)30-65-33(73-17-37(49,50)51)68-34(66-30)74-18-38(52,53)54/h1-14H,15-18H2. The molecule has 8 rings (SSSR count). The summed E-state index contributed by atoms with van der Waals surface area (Å²) < 4.78 is 304. The van der Waals surface area contributed by atoms with Crippen LogP contribution >= 0.6 is 0 Å². The van der Waals surface area contributed by atoms with Crippen LogP contribution in [0.2, 0.25) is 0 Å². The van der Waals surface area contributed by atoms with Gasteiger partial charge in [0, 0.05) is 32.7 Å². The summed E-state index contributed by atoms with van der Waals surface area (Å²) in [6, 6.07) is 5.81. The maximum atomic E-state index is 16.2. The third kappa shape index (κ3) is 10.2. The summed E-state index contributed by atoms with van der Waals surface area (Å²) in [4.78, 5) is 21.0. The number of ether oxygens (including phenoxy) is 4. The first kappa shape index (κ1) is 52.6. The van der Waals surface area contributed by atoms with E-state index in [4.69, 9.17) is 0 Å². The number of aromatic nitrogens is 8. The predicted molar refractivity (Wildman–Crippen MR) is 212 cm³/mol. The van der Waals surface area contributed by atoms with Crippen molar-refractivity contribution in [2.75, 3.05) is 26.4 Å². The fraction of sp³-hybridized carbons (Fsp3) is 0.286. The number of para-hydroxylation sites is 2. The van der Waals surface area contributed by atoms with Crippen molar-refractivity contribution in [2.45, 2.75) is 48.4 Å². The first-order chi connectivity index (χ1) is 34.2. The van der Waals surface area contributed by atoms with Gasteiger partial charge in [-0.15, -0.1) is 9.97 Å². The van der Waals surface area contributed by atoms with Crippen LogP contribution in [-0.4, -0.2) is 102 Å². The molecular weight excluding hydrogens is 1060 g/mol. The Kier molecular flexibility index (Phi) is 12.8. The topological polar surface area (TPSA) is 124 Å². The van der Waals surface area contributed by atoms with Crippen molar-refractivity contribution in [2.24, 2.45) is 0 Å². The third-order valence-electron chi connectivity index (χ3n) is 10.3. The Balaban J connectivity index is 1.19. The number of fused-ring (bicyclic) bond motifs is 6. The summed E-state index contributed by atoms with van der Waals surface area (Å²) in [5, 5.41) is -1.68. The molecule has 0 saturated carbocycles. The number of alkyl halides is 20. The minimum Gasteiger partial charge on any atom is -0.454 e. The van der Waals surface area contributed by atoms with Gasteiger partial charge in [0.25, 0.3) is 0 Å². The highest BCUT2D eigenvalue weighted by molar-refractivity contribution is 6.10. The highest BCUT2D eigenvalue weighted by Crippen LogP contribution is 2.59. The van der Waals surface area contributed by atoms with Gasteiger partial charge in [0.1, 0.15) is 0 Å². The molecule has 0 unspecified atom stereocenters. The molecule has 0 saturated heterocycles. The van der Waals surface area contributed by atoms with Gasteiger partial charge in [-0.05, 0) is 36.4 Å². The number of benzene rings is 4. The van der Waals surface area contributed by atoms with Crippen LogP contribution in [0.1, 0.15) is 11.1 Å². The molecule has 0 aliphatic heterocycles. The van der Waals surface area contributed by atoms with Crippen LogP contribution < -0.4 is 18.9 Å². The summed E-state index contributed by atoms with van der Waals surface area (Å²) in [6.07, 6.45) is -20.2. The highest BCUT2D eigenvalue weighted by Gasteiger charge is 2.81. The third-order valence-corrected chi connectivity index (χ3v) is 10.3. The van der Waals surface area contributed by atoms with Crippen molar-refractivity contribution >= 4 is 43.6 Å². The Hall–Kier alpha value is -7.70. The van der Waals surface area contributed by atoms with Crippen LogP contribution in [0.4, 0.5) is 87.8 Å². The molecular formula is C42H22F20N8O4. The fourth-order valence-corrected chi connectivity index (χ4v) is 7.22. The zero-order chi connectivity index (χ0) is 54.2. The van der Waals surface area contributed by atoms with Crippen LogP contribution in [-0.2, 0) is 11.8 Å². The summed E-state index contributed by atoms with van der Waals surface area (Å²) >= 11 is 0. The quantitative estimate of drug-likeness (QED) is 0.0917. The summed E-state index contributed by atoms with van der Waals surface area (Å²) in [7, 11) is 0. The molecule has 74 heavy (non-hydrogen) atoms. The normalized spacial score (nSPS) is 13.6. The Morgan fingerprint density at radius 1 is 0.324 bits per heavy atom. The van der Waals surface area contributed by atoms with Crippen LogP contribution in [0, 0.1) is 0 Å². The van der Waals surface area contributed by atoms with Gasteiger partial charge in [-0.1, -0.05) is 48.5 Å². The predicted octanol–water partition coefficient (Wildman–Crippen LogP) is 12.2. The molecule has 0 atom stereocenters. The van der Waals surface area contributed by atoms with Crippen molar-refractivity contribution in [3.63, 3.8) is 0 Å². The average Bonchev–Trinajstić information content (AvgIpc) is 3.82. The van der Waals surface area contributed by atoms with E-state index in [-0.39, 0.29) is 46.1 Å². The van der Waals surface area contributed by atoms with E-state index in [0.717, 1.165) is 33.4 Å². The Labute approximate surface area is 396 Å². The summed E-state index contributed by atoms with van der Waals surface area (Å²) in [6.45, 7) is -8.42. The van der Waals surface area contributed by atoms with Gasteiger partial charge in [0.2, 0.25) is 11.9 Å². The maximum absolute atomic E-state index is 16.2. The molecule has 0 aliphatic carbocycles. The van der Waals surface area contributed by atoms with E-state index in [2.05, 4.69) is 48.9 Å². The zero-order valence-corrected chi connectivity index (χ0v) is 35.7. The second-order valence-corrected chi connectivity index (χ2v) is 15.5. The lowest BCUT2D eigenvalue weighted by Gasteiger charge is -2.37. The maximum Gasteiger partial charge on any atom is 0.422 e. The molecule has 0 spiro atoms. The van der Waals surface area contributed by atoms with E-state index in [1.54, 1.807) is 0 Å². The molecule has 0 amide bonds. The lowest BCUT2D eigenvalue weighted by atomic mass is 9.89. The minimum absolute atomic E-state index is 0.0738. The van der Waals surface area contributed by atoms with E-state index < -0.39 is 144 Å². The molecule has 0 N–H and O–H groups in total. The van der Waals surface area contributed by atoms with Crippen molar-refractivity contribution in [3.8, 4) is 35.9 Å². The highest BCUT2D eigenvalue weighted by atomic mass is 19.4. The Bertz CT molecular complexity index is 3110. The summed E-state index contributed by atoms with van der Waals surface area (Å²) in [5.41, 5.74) is -5.44. The monoisotopic (exact) mass is 1080 g/mol. The van der Waals surface area contributed by atoms with Crippen LogP contribution in [0.3, 0.4) is 0 Å². The van der Waals surface area contributed by atoms with Crippen LogP contribution in [0.25, 0.3) is 55.5 Å². The van der Waals surface area contributed by atoms with E-state index in [1.807, 2.05) is 0 Å². The summed E-state index contributed by atoms with van der Waals surface area (Å²) in [5.74, 6) is -28.4. The van der Waals surface area contributed by atoms with Gasteiger partial charge >= 0.3 is 72.4 Å². The molecule has 0 aliphatic rings. The molecule has 0 radical (unpaired) electrons. The van der Waals surface area contributed by atoms with Gasteiger partial charge in [0.15, 0.2) is 26.4 Å². The second kappa shape index (κ2) is 18.1. The van der Waals surface area contributed by atoms with Crippen molar-refractivity contribution in [1.29, 1.82) is 0 Å². The van der Waals surface area contributed by atoms with E-state index in [0.29, 0.717) is 12.1 Å². The number of rotatable bonds is 15. The fourth-order valence-electron chi connectivity index (χ4n) is 7.22. The Morgan fingerprint density at radius 3 is 0.878 bits per heavy atom. The van der Waals surface area contributed by atoms with Gasteiger partial charge in [0.05, 0.1) is 22.1 Å². The van der Waals surface area contributed by atoms with E-state index in [1.165, 1.54) is 24.3 Å². The van der Waals surface area contributed by atoms with Crippen molar-refractivity contribution < 1.29 is 107 Å². The van der Waals surface area contributed by atoms with Crippen LogP contribution in [0.15, 0.2) is 84.9 Å². The molecule has 12 nitrogen and oxygen atoms in total. The SMILES string of the molecule is FC(F)(F)COc1nc(OCC(F)(F)F)nc(-n2c3ccccc3c3cc(C(F)(F)C(F)(F)C(F)(F)C(F)(F)c4ccc5c(c4)c4ccccc4n5-c4nc(OCC(F)(F)F)nc(OCC(F)(F)F)n4)ccc32)n1. The molecule has 32 heteroatoms. The number of nitrogens with zero attached hydrogens (tertiary/aromatic N) is 8. The smallest absolute Gasteiger partial charge is 0.422 e. The first-order valence-corrected chi connectivity index (χ1v) is 20.1. The lowest BCUT2D eigenvalue weighted by Crippen LogP contribution is -2.59. The van der Waals surface area contributed by atoms with Gasteiger partial charge in [-0.3, -0.25) is 9.13 Å². The minimum atomic E-state index is -7.04. The molecule has 0 bridgehead atoms. The van der Waals surface area contributed by atoms with Gasteiger partial charge < -0.3 is 18.9 Å². The van der Waals surface area contributed by atoms with E-state index in [9.17, 15) is 52.7 Å². The van der Waals surface area contributed by atoms with Crippen molar-refractivity contribution in [1.82, 2.24) is 39.0 Å². The molecule has 4 aromatic carbocycles. The van der Waals surface area contributed by atoms with Crippen LogP contribution in [0.5, 0.6) is 24.0 Å². The van der Waals surface area contributed by atoms with Gasteiger partial charge in [-0.2, -0.15) is 108 Å². The lowest BCUT2D eigenvalue weighted by molar-refractivity contribution is -0.374. The number of hydrogen-bond acceptors (Lipinski definition) is 10.